The third kappa shape index (κ3) is 2.95. The number of hydrogen-bond donors (Lipinski definition) is 0. The van der Waals surface area contributed by atoms with Crippen LogP contribution in [0.2, 0.25) is 0 Å². The Morgan fingerprint density at radius 1 is 1.11 bits per heavy atom. The highest BCUT2D eigenvalue weighted by atomic mass is 79.9. The van der Waals surface area contributed by atoms with Gasteiger partial charge in [0.25, 0.3) is 0 Å². The standard InChI is InChI=1S/C13H18BrNO2S/c1-10-7-11(2)9-15(8-10)18(16,17)13-5-3-12(14)4-6-13/h3-6,10-11H,7-9H2,1-2H3/t10-,11-/m1/s1. The summed E-state index contributed by atoms with van der Waals surface area (Å²) in [5.41, 5.74) is 0. The molecule has 1 saturated heterocycles. The van der Waals surface area contributed by atoms with Crippen molar-refractivity contribution in [3.8, 4) is 0 Å². The second-order valence-corrected chi connectivity index (χ2v) is 8.08. The molecule has 0 N–H and O–H groups in total. The molecule has 0 radical (unpaired) electrons. The number of halogens is 1. The normalized spacial score (nSPS) is 26.2. The van der Waals surface area contributed by atoms with Crippen LogP contribution in [0.1, 0.15) is 20.3 Å². The summed E-state index contributed by atoms with van der Waals surface area (Å²) in [6.45, 7) is 5.48. The minimum atomic E-state index is -3.33. The van der Waals surface area contributed by atoms with E-state index in [1.54, 1.807) is 28.6 Å². The molecule has 0 unspecified atom stereocenters. The molecule has 0 spiro atoms. The van der Waals surface area contributed by atoms with Gasteiger partial charge >= 0.3 is 0 Å². The second kappa shape index (κ2) is 5.31. The van der Waals surface area contributed by atoms with Gasteiger partial charge in [-0.2, -0.15) is 4.31 Å². The maximum atomic E-state index is 12.5. The molecule has 2 rings (SSSR count). The molecule has 1 aliphatic heterocycles. The lowest BCUT2D eigenvalue weighted by molar-refractivity contribution is 0.222. The lowest BCUT2D eigenvalue weighted by atomic mass is 9.94. The maximum Gasteiger partial charge on any atom is 0.243 e. The largest absolute Gasteiger partial charge is 0.243 e. The van der Waals surface area contributed by atoms with Gasteiger partial charge in [0.1, 0.15) is 0 Å². The van der Waals surface area contributed by atoms with Crippen LogP contribution >= 0.6 is 15.9 Å². The SMILES string of the molecule is C[C@@H]1C[C@@H](C)CN(S(=O)(=O)c2ccc(Br)cc2)C1. The Balaban J connectivity index is 2.28. The topological polar surface area (TPSA) is 37.4 Å². The van der Waals surface area contributed by atoms with Crippen LogP contribution in [0.15, 0.2) is 33.6 Å². The Hall–Kier alpha value is -0.390. The molecule has 0 aromatic heterocycles. The van der Waals surface area contributed by atoms with Gasteiger partial charge in [-0.3, -0.25) is 0 Å². The van der Waals surface area contributed by atoms with Crippen LogP contribution in [0.25, 0.3) is 0 Å². The van der Waals surface area contributed by atoms with E-state index < -0.39 is 10.0 Å². The first-order chi connectivity index (χ1) is 8.39. The molecular weight excluding hydrogens is 314 g/mol. The van der Waals surface area contributed by atoms with Crippen LogP contribution in [0.3, 0.4) is 0 Å². The van der Waals surface area contributed by atoms with Crippen molar-refractivity contribution in [2.75, 3.05) is 13.1 Å². The van der Waals surface area contributed by atoms with Gasteiger partial charge < -0.3 is 0 Å². The van der Waals surface area contributed by atoms with Crippen LogP contribution in [-0.4, -0.2) is 25.8 Å². The average molecular weight is 332 g/mol. The van der Waals surface area contributed by atoms with Crippen molar-refractivity contribution in [2.24, 2.45) is 11.8 Å². The number of benzene rings is 1. The summed E-state index contributed by atoms with van der Waals surface area (Å²) in [6.07, 6.45) is 1.10. The molecule has 1 aliphatic rings. The molecular formula is C13H18BrNO2S. The monoisotopic (exact) mass is 331 g/mol. The summed E-state index contributed by atoms with van der Waals surface area (Å²) >= 11 is 3.32. The van der Waals surface area contributed by atoms with Crippen molar-refractivity contribution in [2.45, 2.75) is 25.2 Å². The first kappa shape index (κ1) is 14.0. The molecule has 5 heteroatoms. The molecule has 1 aromatic carbocycles. The lowest BCUT2D eigenvalue weighted by Gasteiger charge is -2.34. The fraction of sp³-hybridized carbons (Fsp3) is 0.538. The van der Waals surface area contributed by atoms with Crippen molar-refractivity contribution < 1.29 is 8.42 Å². The lowest BCUT2D eigenvalue weighted by Crippen LogP contribution is -2.42. The molecule has 0 saturated carbocycles. The number of sulfonamides is 1. The third-order valence-corrected chi connectivity index (χ3v) is 5.66. The van der Waals surface area contributed by atoms with E-state index in [4.69, 9.17) is 0 Å². The molecule has 18 heavy (non-hydrogen) atoms. The predicted molar refractivity (Wildman–Crippen MR) is 75.8 cm³/mol. The first-order valence-electron chi connectivity index (χ1n) is 6.15. The van der Waals surface area contributed by atoms with Crippen molar-refractivity contribution in [3.05, 3.63) is 28.7 Å². The van der Waals surface area contributed by atoms with E-state index in [0.29, 0.717) is 29.8 Å². The van der Waals surface area contributed by atoms with Gasteiger partial charge in [0.05, 0.1) is 4.90 Å². The molecule has 100 valence electrons. The zero-order chi connectivity index (χ0) is 13.3. The Morgan fingerprint density at radius 3 is 2.11 bits per heavy atom. The van der Waals surface area contributed by atoms with E-state index in [0.717, 1.165) is 10.9 Å². The van der Waals surface area contributed by atoms with E-state index in [2.05, 4.69) is 29.8 Å². The minimum Gasteiger partial charge on any atom is -0.207 e. The molecule has 2 atom stereocenters. The Morgan fingerprint density at radius 2 is 1.61 bits per heavy atom. The number of hydrogen-bond acceptors (Lipinski definition) is 2. The summed E-state index contributed by atoms with van der Waals surface area (Å²) in [5, 5.41) is 0. The van der Waals surface area contributed by atoms with E-state index in [1.807, 2.05) is 0 Å². The van der Waals surface area contributed by atoms with E-state index >= 15 is 0 Å². The molecule has 1 aromatic rings. The van der Waals surface area contributed by atoms with Gasteiger partial charge in [0, 0.05) is 17.6 Å². The van der Waals surface area contributed by atoms with Gasteiger partial charge in [-0.05, 0) is 42.5 Å². The molecule has 1 fully saturated rings. The quantitative estimate of drug-likeness (QED) is 0.834. The van der Waals surface area contributed by atoms with Crippen molar-refractivity contribution in [1.82, 2.24) is 4.31 Å². The average Bonchev–Trinajstić information content (AvgIpc) is 2.28. The summed E-state index contributed by atoms with van der Waals surface area (Å²) in [7, 11) is -3.33. The zero-order valence-corrected chi connectivity index (χ0v) is 13.0. The highest BCUT2D eigenvalue weighted by molar-refractivity contribution is 9.10. The van der Waals surface area contributed by atoms with Crippen LogP contribution in [0.4, 0.5) is 0 Å². The number of nitrogens with zero attached hydrogens (tertiary/aromatic N) is 1. The van der Waals surface area contributed by atoms with Gasteiger partial charge in [0.15, 0.2) is 0 Å². The summed E-state index contributed by atoms with van der Waals surface area (Å²) in [4.78, 5) is 0.381. The summed E-state index contributed by atoms with van der Waals surface area (Å²) in [5.74, 6) is 0.859. The van der Waals surface area contributed by atoms with Crippen LogP contribution < -0.4 is 0 Å². The van der Waals surface area contributed by atoms with Crippen LogP contribution in [0.5, 0.6) is 0 Å². The Kier molecular flexibility index (Phi) is 4.14. The van der Waals surface area contributed by atoms with E-state index in [9.17, 15) is 8.42 Å². The van der Waals surface area contributed by atoms with Gasteiger partial charge in [-0.25, -0.2) is 8.42 Å². The van der Waals surface area contributed by atoms with Crippen LogP contribution in [-0.2, 0) is 10.0 Å². The summed E-state index contributed by atoms with van der Waals surface area (Å²) < 4.78 is 27.5. The molecule has 1 heterocycles. The first-order valence-corrected chi connectivity index (χ1v) is 8.38. The van der Waals surface area contributed by atoms with Crippen molar-refractivity contribution >= 4 is 26.0 Å². The highest BCUT2D eigenvalue weighted by Crippen LogP contribution is 2.27. The fourth-order valence-corrected chi connectivity index (χ4v) is 4.50. The third-order valence-electron chi connectivity index (χ3n) is 3.29. The minimum absolute atomic E-state index is 0.381. The zero-order valence-electron chi connectivity index (χ0n) is 10.6. The number of piperidine rings is 1. The van der Waals surface area contributed by atoms with E-state index in [-0.39, 0.29) is 0 Å². The molecule has 0 amide bonds. The highest BCUT2D eigenvalue weighted by Gasteiger charge is 2.31. The second-order valence-electron chi connectivity index (χ2n) is 5.22. The van der Waals surface area contributed by atoms with Gasteiger partial charge in [-0.15, -0.1) is 0 Å². The molecule has 0 aliphatic carbocycles. The molecule has 3 nitrogen and oxygen atoms in total. The Bertz CT molecular complexity index is 502. The number of rotatable bonds is 2. The molecule has 0 bridgehead atoms. The van der Waals surface area contributed by atoms with Crippen molar-refractivity contribution in [1.29, 1.82) is 0 Å². The van der Waals surface area contributed by atoms with Gasteiger partial charge in [0.2, 0.25) is 10.0 Å². The van der Waals surface area contributed by atoms with Crippen molar-refractivity contribution in [3.63, 3.8) is 0 Å². The van der Waals surface area contributed by atoms with E-state index in [1.165, 1.54) is 0 Å². The fourth-order valence-electron chi connectivity index (χ4n) is 2.56. The summed E-state index contributed by atoms with van der Waals surface area (Å²) in [6, 6.07) is 6.85. The van der Waals surface area contributed by atoms with Gasteiger partial charge in [-0.1, -0.05) is 29.8 Å². The smallest absolute Gasteiger partial charge is 0.207 e. The van der Waals surface area contributed by atoms with Crippen LogP contribution in [0, 0.1) is 11.8 Å². The maximum absolute atomic E-state index is 12.5. The Labute approximate surface area is 117 Å². The predicted octanol–water partition coefficient (Wildman–Crippen LogP) is 3.12.